The van der Waals surface area contributed by atoms with Gasteiger partial charge in [-0.15, -0.1) is 0 Å². The van der Waals surface area contributed by atoms with Gasteiger partial charge in [-0.25, -0.2) is 4.98 Å². The Morgan fingerprint density at radius 1 is 1.33 bits per heavy atom. The maximum Gasteiger partial charge on any atom is 0.254 e. The summed E-state index contributed by atoms with van der Waals surface area (Å²) < 4.78 is 0. The molecule has 2 rings (SSSR count). The van der Waals surface area contributed by atoms with Crippen LogP contribution in [-0.2, 0) is 0 Å². The zero-order valence-corrected chi connectivity index (χ0v) is 14.8. The third kappa shape index (κ3) is 4.56. The number of aliphatic hydroxyl groups excluding tert-OH is 1. The lowest BCUT2D eigenvalue weighted by molar-refractivity contribution is 0.1000. The van der Waals surface area contributed by atoms with Gasteiger partial charge >= 0.3 is 0 Å². The fraction of sp³-hybridized carbons (Fsp3) is 0.706. The molecule has 1 aliphatic rings. The highest BCUT2D eigenvalue weighted by molar-refractivity contribution is 5.97. The Balaban J connectivity index is 2.19. The summed E-state index contributed by atoms with van der Waals surface area (Å²) in [5.41, 5.74) is 5.60. The molecule has 134 valence electrons. The predicted molar refractivity (Wildman–Crippen MR) is 95.0 cm³/mol. The van der Waals surface area contributed by atoms with Crippen molar-refractivity contribution in [2.45, 2.75) is 77.0 Å². The summed E-state index contributed by atoms with van der Waals surface area (Å²) in [6.45, 7) is 6.28. The van der Waals surface area contributed by atoms with Crippen LogP contribution in [0.15, 0.2) is 6.20 Å². The summed E-state index contributed by atoms with van der Waals surface area (Å²) in [7, 11) is 0. The second-order valence-electron chi connectivity index (χ2n) is 6.86. The first-order chi connectivity index (χ1) is 11.4. The lowest BCUT2D eigenvalue weighted by atomic mass is 9.93. The molecule has 0 radical (unpaired) electrons. The van der Waals surface area contributed by atoms with Crippen LogP contribution in [0.2, 0.25) is 0 Å². The molecule has 0 bridgehead atoms. The summed E-state index contributed by atoms with van der Waals surface area (Å²) in [6.07, 6.45) is 6.40. The first-order valence-electron chi connectivity index (χ1n) is 8.76. The molecule has 0 aliphatic heterocycles. The molecule has 5 N–H and O–H groups in total. The molecule has 0 atom stereocenters. The van der Waals surface area contributed by atoms with E-state index in [1.165, 1.54) is 6.20 Å². The number of primary amides is 1. The van der Waals surface area contributed by atoms with Crippen molar-refractivity contribution < 1.29 is 9.90 Å². The van der Waals surface area contributed by atoms with E-state index in [-0.39, 0.29) is 17.7 Å². The highest BCUT2D eigenvalue weighted by atomic mass is 16.3. The molecular weight excluding hydrogens is 306 g/mol. The molecule has 1 saturated carbocycles. The highest BCUT2D eigenvalue weighted by Gasteiger charge is 2.24. The van der Waals surface area contributed by atoms with Gasteiger partial charge in [0.2, 0.25) is 5.95 Å². The molecule has 1 aliphatic carbocycles. The van der Waals surface area contributed by atoms with Crippen LogP contribution in [0.1, 0.15) is 69.7 Å². The number of carbonyl (C=O) groups excluding carboxylic acids is 1. The number of aliphatic hydroxyl groups is 1. The summed E-state index contributed by atoms with van der Waals surface area (Å²) in [5.74, 6) is 0.417. The normalized spacial score (nSPS) is 21.3. The molecule has 7 nitrogen and oxygen atoms in total. The maximum absolute atomic E-state index is 11.7. The van der Waals surface area contributed by atoms with Crippen molar-refractivity contribution in [3.63, 3.8) is 0 Å². The predicted octanol–water partition coefficient (Wildman–Crippen LogP) is 2.28. The minimum absolute atomic E-state index is 0.162. The van der Waals surface area contributed by atoms with Crippen LogP contribution in [0.5, 0.6) is 0 Å². The van der Waals surface area contributed by atoms with E-state index < -0.39 is 5.91 Å². The second kappa shape index (κ2) is 7.79. The van der Waals surface area contributed by atoms with Gasteiger partial charge in [-0.3, -0.25) is 4.79 Å². The summed E-state index contributed by atoms with van der Waals surface area (Å²) >= 11 is 0. The van der Waals surface area contributed by atoms with Gasteiger partial charge in [0.15, 0.2) is 0 Å². The van der Waals surface area contributed by atoms with Crippen LogP contribution in [-0.4, -0.2) is 38.7 Å². The van der Waals surface area contributed by atoms with E-state index >= 15 is 0 Å². The molecule has 1 amide bonds. The van der Waals surface area contributed by atoms with Crippen molar-refractivity contribution in [2.75, 3.05) is 10.6 Å². The number of nitrogens with zero attached hydrogens (tertiary/aromatic N) is 2. The van der Waals surface area contributed by atoms with E-state index in [2.05, 4.69) is 41.4 Å². The minimum Gasteiger partial charge on any atom is -0.393 e. The number of aromatic nitrogens is 2. The molecule has 0 aromatic carbocycles. The zero-order chi connectivity index (χ0) is 17.7. The molecule has 1 heterocycles. The van der Waals surface area contributed by atoms with E-state index in [4.69, 9.17) is 5.73 Å². The van der Waals surface area contributed by atoms with E-state index in [0.29, 0.717) is 17.3 Å². The van der Waals surface area contributed by atoms with Crippen molar-refractivity contribution in [1.82, 2.24) is 9.97 Å². The number of carbonyl (C=O) groups is 1. The van der Waals surface area contributed by atoms with Crippen LogP contribution in [0.25, 0.3) is 0 Å². The van der Waals surface area contributed by atoms with Crippen LogP contribution in [0, 0.1) is 0 Å². The monoisotopic (exact) mass is 335 g/mol. The lowest BCUT2D eigenvalue weighted by Gasteiger charge is -2.30. The van der Waals surface area contributed by atoms with E-state index in [1.54, 1.807) is 0 Å². The summed E-state index contributed by atoms with van der Waals surface area (Å²) in [5, 5.41) is 16.3. The molecule has 1 fully saturated rings. The number of hydrogen-bond acceptors (Lipinski definition) is 6. The van der Waals surface area contributed by atoms with Crippen molar-refractivity contribution >= 4 is 17.7 Å². The first-order valence-corrected chi connectivity index (χ1v) is 8.76. The number of amides is 1. The topological polar surface area (TPSA) is 113 Å². The SMILES string of the molecule is CCC(C)(CC)Nc1nc(N[C@H]2CC[C@H](O)CC2)ncc1C(N)=O. The molecule has 0 saturated heterocycles. The maximum atomic E-state index is 11.7. The Morgan fingerprint density at radius 2 is 1.96 bits per heavy atom. The Morgan fingerprint density at radius 3 is 2.50 bits per heavy atom. The van der Waals surface area contributed by atoms with Gasteiger partial charge in [0.1, 0.15) is 5.82 Å². The van der Waals surface area contributed by atoms with Crippen LogP contribution < -0.4 is 16.4 Å². The first kappa shape index (κ1) is 18.4. The van der Waals surface area contributed by atoms with E-state index in [9.17, 15) is 9.90 Å². The number of anilines is 2. The van der Waals surface area contributed by atoms with Crippen molar-refractivity contribution in [3.8, 4) is 0 Å². The lowest BCUT2D eigenvalue weighted by Crippen LogP contribution is -2.35. The molecular formula is C17H29N5O2. The third-order valence-electron chi connectivity index (χ3n) is 5.06. The molecule has 1 aromatic rings. The Labute approximate surface area is 143 Å². The smallest absolute Gasteiger partial charge is 0.254 e. The van der Waals surface area contributed by atoms with Crippen LogP contribution in [0.4, 0.5) is 11.8 Å². The summed E-state index contributed by atoms with van der Waals surface area (Å²) in [4.78, 5) is 20.4. The summed E-state index contributed by atoms with van der Waals surface area (Å²) in [6, 6.07) is 0.240. The Bertz CT molecular complexity index is 566. The zero-order valence-electron chi connectivity index (χ0n) is 14.8. The molecule has 0 unspecified atom stereocenters. The minimum atomic E-state index is -0.542. The highest BCUT2D eigenvalue weighted by Crippen LogP contribution is 2.25. The second-order valence-corrected chi connectivity index (χ2v) is 6.86. The van der Waals surface area contributed by atoms with Gasteiger partial charge in [-0.05, 0) is 45.4 Å². The van der Waals surface area contributed by atoms with Gasteiger partial charge in [0.25, 0.3) is 5.91 Å². The van der Waals surface area contributed by atoms with Gasteiger partial charge in [-0.1, -0.05) is 13.8 Å². The van der Waals surface area contributed by atoms with Gasteiger partial charge in [0.05, 0.1) is 11.7 Å². The standard InChI is InChI=1S/C17H29N5O2/c1-4-17(3,5-2)22-15-13(14(18)24)10-19-16(21-15)20-11-6-8-12(23)9-7-11/h10-12,23H,4-9H2,1-3H3,(H2,18,24)(H2,19,20,21,22)/t11-,12-. The molecule has 24 heavy (non-hydrogen) atoms. The number of rotatable bonds is 7. The molecule has 1 aromatic heterocycles. The number of nitrogens with two attached hydrogens (primary N) is 1. The van der Waals surface area contributed by atoms with E-state index in [1.807, 2.05) is 0 Å². The number of nitrogens with one attached hydrogen (secondary N) is 2. The van der Waals surface area contributed by atoms with Gasteiger partial charge < -0.3 is 21.5 Å². The van der Waals surface area contributed by atoms with Gasteiger partial charge in [0, 0.05) is 17.8 Å². The average Bonchev–Trinajstić information content (AvgIpc) is 2.57. The fourth-order valence-electron chi connectivity index (χ4n) is 2.84. The third-order valence-corrected chi connectivity index (χ3v) is 5.06. The van der Waals surface area contributed by atoms with Crippen LogP contribution >= 0.6 is 0 Å². The Hall–Kier alpha value is -1.89. The van der Waals surface area contributed by atoms with Crippen LogP contribution in [0.3, 0.4) is 0 Å². The van der Waals surface area contributed by atoms with E-state index in [0.717, 1.165) is 38.5 Å². The Kier molecular flexibility index (Phi) is 5.99. The fourth-order valence-corrected chi connectivity index (χ4v) is 2.84. The average molecular weight is 335 g/mol. The largest absolute Gasteiger partial charge is 0.393 e. The van der Waals surface area contributed by atoms with Gasteiger partial charge in [-0.2, -0.15) is 4.98 Å². The molecule has 0 spiro atoms. The van der Waals surface area contributed by atoms with Crippen molar-refractivity contribution in [1.29, 1.82) is 0 Å². The van der Waals surface area contributed by atoms with Crippen molar-refractivity contribution in [3.05, 3.63) is 11.8 Å². The van der Waals surface area contributed by atoms with Crippen molar-refractivity contribution in [2.24, 2.45) is 5.73 Å². The number of hydrogen-bond donors (Lipinski definition) is 4. The quantitative estimate of drug-likeness (QED) is 0.608. The molecule has 7 heteroatoms.